The Morgan fingerprint density at radius 1 is 1.30 bits per heavy atom. The zero-order chi connectivity index (χ0) is 23.4. The molecule has 33 heavy (non-hydrogen) atoms. The Labute approximate surface area is 194 Å². The van der Waals surface area contributed by atoms with Crippen LogP contribution >= 0.6 is 11.6 Å². The van der Waals surface area contributed by atoms with Crippen LogP contribution in [-0.2, 0) is 0 Å². The van der Waals surface area contributed by atoms with Gasteiger partial charge in [0, 0.05) is 22.6 Å². The molecule has 3 aromatic rings. The summed E-state index contributed by atoms with van der Waals surface area (Å²) >= 11 is 6.08. The second-order valence-electron chi connectivity index (χ2n) is 7.73. The van der Waals surface area contributed by atoms with Gasteiger partial charge in [-0.1, -0.05) is 43.0 Å². The summed E-state index contributed by atoms with van der Waals surface area (Å²) in [4.78, 5) is 28.9. The molecule has 0 saturated heterocycles. The van der Waals surface area contributed by atoms with E-state index in [2.05, 4.69) is 5.10 Å². The number of rotatable bonds is 6. The molecule has 4 rings (SSSR count). The minimum Gasteiger partial charge on any atom is -0.471 e. The number of fused-ring (bicyclic) bond motifs is 1. The maximum Gasteiger partial charge on any atom is 0.313 e. The number of benzene rings is 2. The molecule has 1 fully saturated rings. The van der Waals surface area contributed by atoms with Gasteiger partial charge in [0.15, 0.2) is 6.61 Å². The highest BCUT2D eigenvalue weighted by atomic mass is 35.5. The Morgan fingerprint density at radius 2 is 2.06 bits per heavy atom. The molecule has 1 saturated carbocycles. The molecule has 1 heterocycles. The van der Waals surface area contributed by atoms with Gasteiger partial charge in [-0.15, -0.1) is 0 Å². The van der Waals surface area contributed by atoms with Gasteiger partial charge >= 0.3 is 5.69 Å². The Morgan fingerprint density at radius 3 is 2.79 bits per heavy atom. The lowest BCUT2D eigenvalue weighted by molar-refractivity contribution is -0.385. The summed E-state index contributed by atoms with van der Waals surface area (Å²) in [5.74, 6) is 0.498. The molecule has 10 heteroatoms. The zero-order valence-corrected chi connectivity index (χ0v) is 18.4. The molecule has 0 amide bonds. The van der Waals surface area contributed by atoms with Crippen LogP contribution in [0.1, 0.15) is 49.4 Å². The highest BCUT2D eigenvalue weighted by Crippen LogP contribution is 2.34. The van der Waals surface area contributed by atoms with Gasteiger partial charge in [-0.2, -0.15) is 15.0 Å². The maximum atomic E-state index is 13.3. The minimum absolute atomic E-state index is 0.0798. The van der Waals surface area contributed by atoms with E-state index in [9.17, 15) is 14.9 Å². The second kappa shape index (κ2) is 9.79. The predicted molar refractivity (Wildman–Crippen MR) is 124 cm³/mol. The summed E-state index contributed by atoms with van der Waals surface area (Å²) in [6.07, 6.45) is 6.32. The van der Waals surface area contributed by atoms with Gasteiger partial charge in [-0.3, -0.25) is 14.9 Å². The van der Waals surface area contributed by atoms with Crippen LogP contribution in [0.2, 0.25) is 5.02 Å². The van der Waals surface area contributed by atoms with Crippen LogP contribution in [-0.4, -0.2) is 27.4 Å². The summed E-state index contributed by atoms with van der Waals surface area (Å²) in [6, 6.07) is 11.4. The summed E-state index contributed by atoms with van der Waals surface area (Å²) in [5.41, 5.74) is 0.0641. The van der Waals surface area contributed by atoms with E-state index in [1.54, 1.807) is 24.3 Å². The number of hydrogen-bond acceptors (Lipinski definition) is 7. The van der Waals surface area contributed by atoms with Crippen molar-refractivity contribution in [3.63, 3.8) is 0 Å². The first-order valence-electron chi connectivity index (χ1n) is 10.5. The summed E-state index contributed by atoms with van der Waals surface area (Å²) in [6.45, 7) is -0.395. The van der Waals surface area contributed by atoms with Crippen LogP contribution in [0.5, 0.6) is 5.75 Å². The Balaban J connectivity index is 1.87. The molecule has 0 aliphatic heterocycles. The Bertz CT molecular complexity index is 1340. The molecule has 0 atom stereocenters. The lowest BCUT2D eigenvalue weighted by Gasteiger charge is -2.22. The van der Waals surface area contributed by atoms with Crippen molar-refractivity contribution in [3.05, 3.63) is 73.3 Å². The molecule has 2 aromatic carbocycles. The van der Waals surface area contributed by atoms with Gasteiger partial charge in [0.1, 0.15) is 11.9 Å². The number of hydrogen-bond donors (Lipinski definition) is 0. The van der Waals surface area contributed by atoms with E-state index in [1.165, 1.54) is 17.0 Å². The van der Waals surface area contributed by atoms with E-state index < -0.39 is 17.2 Å². The summed E-state index contributed by atoms with van der Waals surface area (Å²) in [5, 5.41) is 25.3. The van der Waals surface area contributed by atoms with Crippen molar-refractivity contribution < 1.29 is 9.66 Å². The number of para-hydroxylation sites is 1. The third-order valence-electron chi connectivity index (χ3n) is 5.60. The average molecular weight is 466 g/mol. The highest BCUT2D eigenvalue weighted by molar-refractivity contribution is 6.31. The first-order valence-corrected chi connectivity index (χ1v) is 10.9. The smallest absolute Gasteiger partial charge is 0.313 e. The number of nitriles is 1. The van der Waals surface area contributed by atoms with Gasteiger partial charge < -0.3 is 4.74 Å². The van der Waals surface area contributed by atoms with Crippen LogP contribution in [0.3, 0.4) is 0 Å². The van der Waals surface area contributed by atoms with Gasteiger partial charge in [-0.05, 0) is 31.0 Å². The van der Waals surface area contributed by atoms with E-state index in [0.717, 1.165) is 38.2 Å². The predicted octanol–water partition coefficient (Wildman–Crippen LogP) is 4.79. The number of aromatic nitrogens is 2. The van der Waals surface area contributed by atoms with E-state index in [-0.39, 0.29) is 27.8 Å². The van der Waals surface area contributed by atoms with Gasteiger partial charge in [0.05, 0.1) is 22.0 Å². The molecule has 1 aliphatic carbocycles. The van der Waals surface area contributed by atoms with Crippen molar-refractivity contribution >= 4 is 34.4 Å². The molecule has 168 valence electrons. The van der Waals surface area contributed by atoms with Crippen LogP contribution in [0, 0.1) is 21.4 Å². The first-order chi connectivity index (χ1) is 16.0. The lowest BCUT2D eigenvalue weighted by atomic mass is 9.88. The number of ether oxygens (including phenoxy) is 1. The third kappa shape index (κ3) is 4.71. The fourth-order valence-electron chi connectivity index (χ4n) is 4.09. The number of halogens is 1. The summed E-state index contributed by atoms with van der Waals surface area (Å²) in [7, 11) is 0. The molecular weight excluding hydrogens is 446 g/mol. The van der Waals surface area contributed by atoms with Crippen molar-refractivity contribution in [2.24, 2.45) is 5.10 Å². The topological polar surface area (TPSA) is 123 Å². The normalized spacial score (nSPS) is 14.4. The fourth-order valence-corrected chi connectivity index (χ4v) is 4.31. The number of nitrogens with zero attached hydrogens (tertiary/aromatic N) is 5. The maximum absolute atomic E-state index is 13.3. The van der Waals surface area contributed by atoms with E-state index >= 15 is 0 Å². The van der Waals surface area contributed by atoms with Crippen LogP contribution in [0.15, 0.2) is 46.3 Å². The van der Waals surface area contributed by atoms with Crippen LogP contribution < -0.4 is 10.3 Å². The van der Waals surface area contributed by atoms with E-state index in [1.807, 2.05) is 6.07 Å². The van der Waals surface area contributed by atoms with Crippen molar-refractivity contribution in [2.45, 2.75) is 38.0 Å². The van der Waals surface area contributed by atoms with Crippen molar-refractivity contribution in [1.82, 2.24) is 9.66 Å². The highest BCUT2D eigenvalue weighted by Gasteiger charge is 2.23. The average Bonchev–Trinajstić information content (AvgIpc) is 2.82. The molecular formula is C23H20ClN5O4. The number of nitro benzene ring substituents is 1. The number of nitro groups is 1. The van der Waals surface area contributed by atoms with Crippen molar-refractivity contribution in [1.29, 1.82) is 5.26 Å². The molecule has 1 aliphatic rings. The van der Waals surface area contributed by atoms with Gasteiger partial charge in [0.25, 0.3) is 5.56 Å². The lowest BCUT2D eigenvalue weighted by Crippen LogP contribution is -2.25. The Hall–Kier alpha value is -3.77. The standard InChI is InChI=1S/C23H20ClN5O4/c24-17-12-16(21(33-11-10-25)20(13-17)29(31)32)14-26-28-22(15-6-2-1-3-7-15)27-19-9-5-4-8-18(19)23(28)30/h4-5,8-9,12-15H,1-3,6-7,11H2. The molecule has 9 nitrogen and oxygen atoms in total. The molecule has 0 spiro atoms. The van der Waals surface area contributed by atoms with Crippen molar-refractivity contribution in [2.75, 3.05) is 6.61 Å². The molecule has 0 bridgehead atoms. The van der Waals surface area contributed by atoms with Crippen LogP contribution in [0.4, 0.5) is 5.69 Å². The van der Waals surface area contributed by atoms with Crippen LogP contribution in [0.25, 0.3) is 10.9 Å². The fraction of sp³-hybridized carbons (Fsp3) is 0.304. The third-order valence-corrected chi connectivity index (χ3v) is 5.82. The monoisotopic (exact) mass is 465 g/mol. The van der Waals surface area contributed by atoms with Gasteiger partial charge in [0.2, 0.25) is 5.75 Å². The molecule has 1 aromatic heterocycles. The molecule has 0 unspecified atom stereocenters. The van der Waals surface area contributed by atoms with Crippen molar-refractivity contribution in [3.8, 4) is 11.8 Å². The zero-order valence-electron chi connectivity index (χ0n) is 17.6. The van der Waals surface area contributed by atoms with Gasteiger partial charge in [-0.25, -0.2) is 4.98 Å². The minimum atomic E-state index is -0.646. The second-order valence-corrected chi connectivity index (χ2v) is 8.17. The van der Waals surface area contributed by atoms with E-state index in [0.29, 0.717) is 16.7 Å². The SMILES string of the molecule is N#CCOc1c(C=Nn2c(C3CCCCC3)nc3ccccc3c2=O)cc(Cl)cc1[N+](=O)[O-]. The molecule has 0 radical (unpaired) electrons. The summed E-state index contributed by atoms with van der Waals surface area (Å²) < 4.78 is 6.58. The Kier molecular flexibility index (Phi) is 6.66. The quantitative estimate of drug-likeness (QED) is 0.293. The van der Waals surface area contributed by atoms with E-state index in [4.69, 9.17) is 26.6 Å². The first kappa shape index (κ1) is 22.4. The molecule has 0 N–H and O–H groups in total. The largest absolute Gasteiger partial charge is 0.471 e.